The number of nitrogen functional groups attached to an aromatic ring is 1. The molecular formula is C14H23N5. The molecule has 2 heterocycles. The Hall–Kier alpha value is -1.36. The van der Waals surface area contributed by atoms with Gasteiger partial charge < -0.3 is 10.3 Å². The van der Waals surface area contributed by atoms with Gasteiger partial charge in [-0.25, -0.2) is 15.8 Å². The summed E-state index contributed by atoms with van der Waals surface area (Å²) in [5.74, 6) is 9.49. The van der Waals surface area contributed by atoms with Gasteiger partial charge in [0, 0.05) is 24.1 Å². The highest BCUT2D eigenvalue weighted by molar-refractivity contribution is 5.59. The Morgan fingerprint density at radius 2 is 2.11 bits per heavy atom. The smallest absolute Gasteiger partial charge is 0.148 e. The number of hydrogen-bond acceptors (Lipinski definition) is 5. The molecular weight excluding hydrogens is 238 g/mol. The molecule has 1 aliphatic carbocycles. The number of anilines is 2. The van der Waals surface area contributed by atoms with Crippen molar-refractivity contribution in [3.8, 4) is 0 Å². The Morgan fingerprint density at radius 1 is 1.32 bits per heavy atom. The van der Waals surface area contributed by atoms with Gasteiger partial charge in [-0.05, 0) is 32.1 Å². The van der Waals surface area contributed by atoms with Crippen molar-refractivity contribution in [1.29, 1.82) is 0 Å². The van der Waals surface area contributed by atoms with E-state index in [1.807, 2.05) is 0 Å². The van der Waals surface area contributed by atoms with Crippen molar-refractivity contribution in [3.63, 3.8) is 0 Å². The van der Waals surface area contributed by atoms with Gasteiger partial charge in [0.25, 0.3) is 0 Å². The van der Waals surface area contributed by atoms with Gasteiger partial charge in [-0.1, -0.05) is 13.8 Å². The van der Waals surface area contributed by atoms with Crippen molar-refractivity contribution in [2.24, 2.45) is 11.8 Å². The molecule has 2 bridgehead atoms. The maximum Gasteiger partial charge on any atom is 0.148 e. The van der Waals surface area contributed by atoms with E-state index in [0.29, 0.717) is 12.0 Å². The Bertz CT molecular complexity index is 485. The van der Waals surface area contributed by atoms with E-state index in [1.54, 1.807) is 0 Å². The highest BCUT2D eigenvalue weighted by Crippen LogP contribution is 2.41. The lowest BCUT2D eigenvalue weighted by molar-refractivity contribution is 0.548. The third kappa shape index (κ3) is 2.06. The van der Waals surface area contributed by atoms with Crippen molar-refractivity contribution >= 4 is 11.6 Å². The van der Waals surface area contributed by atoms with Crippen molar-refractivity contribution in [3.05, 3.63) is 11.4 Å². The number of rotatable bonds is 3. The first kappa shape index (κ1) is 12.7. The van der Waals surface area contributed by atoms with Crippen LogP contribution in [0.3, 0.4) is 0 Å². The summed E-state index contributed by atoms with van der Waals surface area (Å²) in [6, 6.07) is 0.671. The van der Waals surface area contributed by atoms with Crippen molar-refractivity contribution in [2.45, 2.75) is 52.0 Å². The third-order valence-electron chi connectivity index (χ3n) is 4.47. The largest absolute Gasteiger partial charge is 0.353 e. The zero-order valence-electron chi connectivity index (χ0n) is 12.0. The Balaban J connectivity index is 2.02. The molecule has 2 unspecified atom stereocenters. The number of nitrogens with zero attached hydrogens (tertiary/aromatic N) is 3. The van der Waals surface area contributed by atoms with Gasteiger partial charge in [0.05, 0.1) is 0 Å². The van der Waals surface area contributed by atoms with Crippen LogP contribution in [0.25, 0.3) is 0 Å². The van der Waals surface area contributed by atoms with E-state index >= 15 is 0 Å². The molecule has 5 heteroatoms. The van der Waals surface area contributed by atoms with Gasteiger partial charge in [0.2, 0.25) is 0 Å². The highest BCUT2D eigenvalue weighted by atomic mass is 15.3. The van der Waals surface area contributed by atoms with Crippen LogP contribution in [0.2, 0.25) is 0 Å². The van der Waals surface area contributed by atoms with Crippen molar-refractivity contribution in [2.75, 3.05) is 16.9 Å². The number of aromatic nitrogens is 2. The lowest BCUT2D eigenvalue weighted by Crippen LogP contribution is -2.34. The fourth-order valence-corrected chi connectivity index (χ4v) is 3.38. The minimum atomic E-state index is 0.311. The molecule has 1 saturated carbocycles. The maximum atomic E-state index is 5.60. The molecule has 3 rings (SSSR count). The highest BCUT2D eigenvalue weighted by Gasteiger charge is 2.39. The van der Waals surface area contributed by atoms with Gasteiger partial charge in [-0.3, -0.25) is 0 Å². The first-order valence-corrected chi connectivity index (χ1v) is 7.22. The molecule has 0 radical (unpaired) electrons. The lowest BCUT2D eigenvalue weighted by Gasteiger charge is -2.30. The van der Waals surface area contributed by atoms with Crippen molar-refractivity contribution < 1.29 is 0 Å². The summed E-state index contributed by atoms with van der Waals surface area (Å²) < 4.78 is 0. The predicted octanol–water partition coefficient (Wildman–Crippen LogP) is 2.18. The standard InChI is InChI=1S/C14H23N5/c1-8(2)12-16-13(18-15)9(3)14(17-12)19-7-10-4-5-11(19)6-10/h8,10-11H,4-7,15H2,1-3H3,(H,16,17,18). The average molecular weight is 261 g/mol. The minimum Gasteiger partial charge on any atom is -0.353 e. The summed E-state index contributed by atoms with van der Waals surface area (Å²) in [7, 11) is 0. The molecule has 0 spiro atoms. The molecule has 3 N–H and O–H groups in total. The lowest BCUT2D eigenvalue weighted by atomic mass is 10.1. The molecule has 104 valence electrons. The second-order valence-corrected chi connectivity index (χ2v) is 6.16. The summed E-state index contributed by atoms with van der Waals surface area (Å²) in [5, 5.41) is 0. The molecule has 0 aromatic carbocycles. The van der Waals surface area contributed by atoms with Crippen LogP contribution in [0.5, 0.6) is 0 Å². The summed E-state index contributed by atoms with van der Waals surface area (Å²) in [4.78, 5) is 11.8. The zero-order valence-corrected chi connectivity index (χ0v) is 12.0. The second-order valence-electron chi connectivity index (χ2n) is 6.16. The summed E-state index contributed by atoms with van der Waals surface area (Å²) in [5.41, 5.74) is 3.79. The number of hydrogen-bond donors (Lipinski definition) is 2. The first-order chi connectivity index (χ1) is 9.10. The van der Waals surface area contributed by atoms with Gasteiger partial charge >= 0.3 is 0 Å². The van der Waals surface area contributed by atoms with Gasteiger partial charge in [0.1, 0.15) is 17.5 Å². The van der Waals surface area contributed by atoms with E-state index in [1.165, 1.54) is 19.3 Å². The summed E-state index contributed by atoms with van der Waals surface area (Å²) in [6.07, 6.45) is 4.01. The van der Waals surface area contributed by atoms with Crippen LogP contribution < -0.4 is 16.2 Å². The SMILES string of the molecule is Cc1c(NN)nc(C(C)C)nc1N1CC2CCC1C2. The Morgan fingerprint density at radius 3 is 2.63 bits per heavy atom. The van der Waals surface area contributed by atoms with Gasteiger partial charge in [-0.2, -0.15) is 0 Å². The topological polar surface area (TPSA) is 67.1 Å². The van der Waals surface area contributed by atoms with E-state index in [0.717, 1.165) is 35.5 Å². The van der Waals surface area contributed by atoms with Crippen LogP contribution >= 0.6 is 0 Å². The third-order valence-corrected chi connectivity index (χ3v) is 4.47. The summed E-state index contributed by atoms with van der Waals surface area (Å²) in [6.45, 7) is 7.43. The number of hydrazine groups is 1. The zero-order chi connectivity index (χ0) is 13.6. The molecule has 19 heavy (non-hydrogen) atoms. The van der Waals surface area contributed by atoms with E-state index in [9.17, 15) is 0 Å². The fourth-order valence-electron chi connectivity index (χ4n) is 3.38. The van der Waals surface area contributed by atoms with Crippen LogP contribution in [0.4, 0.5) is 11.6 Å². The molecule has 1 saturated heterocycles. The Kier molecular flexibility index (Phi) is 3.09. The molecule has 0 amide bonds. The number of fused-ring (bicyclic) bond motifs is 2. The molecule has 1 aliphatic heterocycles. The van der Waals surface area contributed by atoms with Crippen molar-refractivity contribution in [1.82, 2.24) is 9.97 Å². The van der Waals surface area contributed by atoms with Crippen LogP contribution in [0.15, 0.2) is 0 Å². The van der Waals surface area contributed by atoms with Gasteiger partial charge in [-0.15, -0.1) is 0 Å². The maximum absolute atomic E-state index is 5.60. The number of nitrogens with one attached hydrogen (secondary N) is 1. The number of nitrogens with two attached hydrogens (primary N) is 1. The first-order valence-electron chi connectivity index (χ1n) is 7.22. The van der Waals surface area contributed by atoms with E-state index in [-0.39, 0.29) is 0 Å². The van der Waals surface area contributed by atoms with Gasteiger partial charge in [0.15, 0.2) is 0 Å². The number of piperidine rings is 1. The quantitative estimate of drug-likeness (QED) is 0.645. The van der Waals surface area contributed by atoms with Crippen LogP contribution in [0, 0.1) is 12.8 Å². The molecule has 2 aliphatic rings. The average Bonchev–Trinajstić information content (AvgIpc) is 3.01. The molecule has 1 aromatic heterocycles. The Labute approximate surface area is 114 Å². The minimum absolute atomic E-state index is 0.311. The fraction of sp³-hybridized carbons (Fsp3) is 0.714. The molecule has 2 fully saturated rings. The molecule has 5 nitrogen and oxygen atoms in total. The second kappa shape index (κ2) is 4.63. The molecule has 2 atom stereocenters. The normalized spacial score (nSPS) is 25.4. The summed E-state index contributed by atoms with van der Waals surface area (Å²) >= 11 is 0. The van der Waals surface area contributed by atoms with Crippen LogP contribution in [-0.2, 0) is 0 Å². The monoisotopic (exact) mass is 261 g/mol. The van der Waals surface area contributed by atoms with E-state index < -0.39 is 0 Å². The molecule has 1 aromatic rings. The van der Waals surface area contributed by atoms with E-state index in [4.69, 9.17) is 10.8 Å². The van der Waals surface area contributed by atoms with E-state index in [2.05, 4.69) is 36.1 Å². The van der Waals surface area contributed by atoms with Crippen LogP contribution in [-0.4, -0.2) is 22.6 Å². The predicted molar refractivity (Wildman–Crippen MR) is 77.1 cm³/mol. The van der Waals surface area contributed by atoms with Crippen LogP contribution in [0.1, 0.15) is 50.4 Å².